The van der Waals surface area contributed by atoms with Crippen LogP contribution in [0.15, 0.2) is 0 Å². The van der Waals surface area contributed by atoms with Gasteiger partial charge in [-0.2, -0.15) is 0 Å². The van der Waals surface area contributed by atoms with E-state index in [0.29, 0.717) is 0 Å². The number of hydrogen-bond donors (Lipinski definition) is 0. The summed E-state index contributed by atoms with van der Waals surface area (Å²) in [5.41, 5.74) is 0. The van der Waals surface area contributed by atoms with Crippen LogP contribution in [0.3, 0.4) is 0 Å². The SMILES string of the molecule is CCCC(C)CCCN1CCCCCC1. The lowest BCUT2D eigenvalue weighted by atomic mass is 10.0. The summed E-state index contributed by atoms with van der Waals surface area (Å²) >= 11 is 0. The van der Waals surface area contributed by atoms with E-state index in [4.69, 9.17) is 0 Å². The number of nitrogens with zero attached hydrogens (tertiary/aromatic N) is 1. The van der Waals surface area contributed by atoms with E-state index < -0.39 is 0 Å². The molecular formula is C14H29N. The zero-order chi connectivity index (χ0) is 10.9. The van der Waals surface area contributed by atoms with Gasteiger partial charge in [-0.25, -0.2) is 0 Å². The lowest BCUT2D eigenvalue weighted by molar-refractivity contribution is 0.270. The minimum atomic E-state index is 0.946. The van der Waals surface area contributed by atoms with E-state index in [2.05, 4.69) is 18.7 Å². The Labute approximate surface area is 96.2 Å². The van der Waals surface area contributed by atoms with Crippen molar-refractivity contribution in [1.29, 1.82) is 0 Å². The molecular weight excluding hydrogens is 182 g/mol. The Balaban J connectivity index is 2.02. The first-order valence-corrected chi connectivity index (χ1v) is 7.05. The van der Waals surface area contributed by atoms with Crippen molar-refractivity contribution in [3.63, 3.8) is 0 Å². The maximum absolute atomic E-state index is 2.69. The molecule has 1 heteroatoms. The van der Waals surface area contributed by atoms with Crippen LogP contribution in [-0.2, 0) is 0 Å². The van der Waals surface area contributed by atoms with Gasteiger partial charge in [-0.05, 0) is 51.2 Å². The first-order valence-electron chi connectivity index (χ1n) is 7.05. The zero-order valence-electron chi connectivity index (χ0n) is 10.8. The third-order valence-electron chi connectivity index (χ3n) is 3.65. The molecule has 1 fully saturated rings. The van der Waals surface area contributed by atoms with Crippen molar-refractivity contribution in [2.45, 2.75) is 65.2 Å². The molecule has 0 aliphatic carbocycles. The molecule has 1 atom stereocenters. The Kier molecular flexibility index (Phi) is 7.08. The Bertz CT molecular complexity index is 136. The fraction of sp³-hybridized carbons (Fsp3) is 1.00. The van der Waals surface area contributed by atoms with Crippen LogP contribution < -0.4 is 0 Å². The van der Waals surface area contributed by atoms with Crippen molar-refractivity contribution >= 4 is 0 Å². The van der Waals surface area contributed by atoms with E-state index in [-0.39, 0.29) is 0 Å². The summed E-state index contributed by atoms with van der Waals surface area (Å²) in [5, 5.41) is 0. The molecule has 1 rings (SSSR count). The third-order valence-corrected chi connectivity index (χ3v) is 3.65. The largest absolute Gasteiger partial charge is 0.303 e. The van der Waals surface area contributed by atoms with E-state index in [0.717, 1.165) is 5.92 Å². The molecule has 1 unspecified atom stereocenters. The fourth-order valence-electron chi connectivity index (χ4n) is 2.66. The molecule has 1 heterocycles. The summed E-state index contributed by atoms with van der Waals surface area (Å²) in [6, 6.07) is 0. The molecule has 15 heavy (non-hydrogen) atoms. The molecule has 0 bridgehead atoms. The molecule has 0 amide bonds. The molecule has 0 aromatic rings. The summed E-state index contributed by atoms with van der Waals surface area (Å²) < 4.78 is 0. The number of likely N-dealkylation sites (tertiary alicyclic amines) is 1. The lowest BCUT2D eigenvalue weighted by Crippen LogP contribution is -2.25. The second-order valence-electron chi connectivity index (χ2n) is 5.29. The number of rotatable bonds is 6. The lowest BCUT2D eigenvalue weighted by Gasteiger charge is -2.20. The van der Waals surface area contributed by atoms with Crippen LogP contribution in [0.2, 0.25) is 0 Å². The highest BCUT2D eigenvalue weighted by Gasteiger charge is 2.08. The highest BCUT2D eigenvalue weighted by atomic mass is 15.1. The summed E-state index contributed by atoms with van der Waals surface area (Å²) in [6.45, 7) is 8.79. The fourth-order valence-corrected chi connectivity index (χ4v) is 2.66. The molecule has 1 aliphatic rings. The maximum atomic E-state index is 2.69. The Hall–Kier alpha value is -0.0400. The maximum Gasteiger partial charge on any atom is -0.00186 e. The molecule has 90 valence electrons. The average Bonchev–Trinajstić information content (AvgIpc) is 2.47. The first kappa shape index (κ1) is 13.0. The summed E-state index contributed by atoms with van der Waals surface area (Å²) in [4.78, 5) is 2.69. The van der Waals surface area contributed by atoms with Crippen molar-refractivity contribution in [2.24, 2.45) is 5.92 Å². The predicted octanol–water partition coefficient (Wildman–Crippen LogP) is 4.08. The van der Waals surface area contributed by atoms with Crippen molar-refractivity contribution in [3.8, 4) is 0 Å². The molecule has 0 radical (unpaired) electrons. The first-order chi connectivity index (χ1) is 7.33. The van der Waals surface area contributed by atoms with Crippen LogP contribution >= 0.6 is 0 Å². The van der Waals surface area contributed by atoms with Crippen LogP contribution in [0.25, 0.3) is 0 Å². The van der Waals surface area contributed by atoms with E-state index in [1.807, 2.05) is 0 Å². The molecule has 1 saturated heterocycles. The van der Waals surface area contributed by atoms with E-state index in [1.54, 1.807) is 0 Å². The van der Waals surface area contributed by atoms with Gasteiger partial charge in [0.2, 0.25) is 0 Å². The highest BCUT2D eigenvalue weighted by molar-refractivity contribution is 4.64. The van der Waals surface area contributed by atoms with E-state index >= 15 is 0 Å². The minimum absolute atomic E-state index is 0.946. The van der Waals surface area contributed by atoms with E-state index in [1.165, 1.54) is 71.0 Å². The van der Waals surface area contributed by atoms with Crippen molar-refractivity contribution in [3.05, 3.63) is 0 Å². The normalized spacial score (nSPS) is 21.2. The van der Waals surface area contributed by atoms with Crippen molar-refractivity contribution < 1.29 is 0 Å². The monoisotopic (exact) mass is 211 g/mol. The average molecular weight is 211 g/mol. The molecule has 0 N–H and O–H groups in total. The van der Waals surface area contributed by atoms with Gasteiger partial charge in [0.1, 0.15) is 0 Å². The van der Waals surface area contributed by atoms with Gasteiger partial charge in [0, 0.05) is 0 Å². The van der Waals surface area contributed by atoms with Crippen LogP contribution in [-0.4, -0.2) is 24.5 Å². The van der Waals surface area contributed by atoms with Crippen LogP contribution in [0.1, 0.15) is 65.2 Å². The van der Waals surface area contributed by atoms with Crippen molar-refractivity contribution in [1.82, 2.24) is 4.90 Å². The van der Waals surface area contributed by atoms with Gasteiger partial charge >= 0.3 is 0 Å². The van der Waals surface area contributed by atoms with Crippen LogP contribution in [0.5, 0.6) is 0 Å². The van der Waals surface area contributed by atoms with Gasteiger partial charge in [-0.1, -0.05) is 39.5 Å². The summed E-state index contributed by atoms with van der Waals surface area (Å²) in [5.74, 6) is 0.946. The predicted molar refractivity (Wildman–Crippen MR) is 68.2 cm³/mol. The second kappa shape index (κ2) is 8.15. The quantitative estimate of drug-likeness (QED) is 0.640. The zero-order valence-corrected chi connectivity index (χ0v) is 10.8. The van der Waals surface area contributed by atoms with Gasteiger partial charge in [0.05, 0.1) is 0 Å². The smallest absolute Gasteiger partial charge is 0.00186 e. The summed E-state index contributed by atoms with van der Waals surface area (Å²) in [6.07, 6.45) is 11.4. The second-order valence-corrected chi connectivity index (χ2v) is 5.29. The topological polar surface area (TPSA) is 3.24 Å². The van der Waals surface area contributed by atoms with Gasteiger partial charge < -0.3 is 4.90 Å². The Morgan fingerprint density at radius 3 is 2.27 bits per heavy atom. The number of hydrogen-bond acceptors (Lipinski definition) is 1. The Morgan fingerprint density at radius 1 is 1.00 bits per heavy atom. The minimum Gasteiger partial charge on any atom is -0.303 e. The summed E-state index contributed by atoms with van der Waals surface area (Å²) in [7, 11) is 0. The molecule has 0 aromatic carbocycles. The van der Waals surface area contributed by atoms with E-state index in [9.17, 15) is 0 Å². The molecule has 0 aromatic heterocycles. The van der Waals surface area contributed by atoms with Gasteiger partial charge in [0.25, 0.3) is 0 Å². The van der Waals surface area contributed by atoms with Crippen LogP contribution in [0, 0.1) is 5.92 Å². The molecule has 0 spiro atoms. The van der Waals surface area contributed by atoms with Crippen molar-refractivity contribution in [2.75, 3.05) is 19.6 Å². The standard InChI is InChI=1S/C14H29N/c1-3-9-14(2)10-8-13-15-11-6-4-5-7-12-15/h14H,3-13H2,1-2H3. The molecule has 0 saturated carbocycles. The van der Waals surface area contributed by atoms with Gasteiger partial charge in [-0.3, -0.25) is 0 Å². The molecule has 1 aliphatic heterocycles. The Morgan fingerprint density at radius 2 is 1.67 bits per heavy atom. The van der Waals surface area contributed by atoms with Gasteiger partial charge in [-0.15, -0.1) is 0 Å². The van der Waals surface area contributed by atoms with Crippen LogP contribution in [0.4, 0.5) is 0 Å². The highest BCUT2D eigenvalue weighted by Crippen LogP contribution is 2.14. The third kappa shape index (κ3) is 6.19. The van der Waals surface area contributed by atoms with Gasteiger partial charge in [0.15, 0.2) is 0 Å². The molecule has 1 nitrogen and oxygen atoms in total.